The summed E-state index contributed by atoms with van der Waals surface area (Å²) in [5.74, 6) is -0.115. The summed E-state index contributed by atoms with van der Waals surface area (Å²) in [5.41, 5.74) is 0.712. The first-order valence-corrected chi connectivity index (χ1v) is 12.3. The van der Waals surface area contributed by atoms with Crippen molar-refractivity contribution < 1.29 is 13.5 Å². The highest BCUT2D eigenvalue weighted by molar-refractivity contribution is 7.89. The first-order chi connectivity index (χ1) is 16.0. The van der Waals surface area contributed by atoms with Crippen LogP contribution < -0.4 is 4.72 Å². The smallest absolute Gasteiger partial charge is 0.212 e. The van der Waals surface area contributed by atoms with E-state index in [1.807, 2.05) is 48.5 Å². The number of aryl methyl sites for hydroxylation is 1. The predicted molar refractivity (Wildman–Crippen MR) is 128 cm³/mol. The summed E-state index contributed by atoms with van der Waals surface area (Å²) in [7, 11) is -3.78. The Kier molecular flexibility index (Phi) is 6.93. The Bertz CT molecular complexity index is 1210. The zero-order chi connectivity index (χ0) is 23.2. The van der Waals surface area contributed by atoms with Crippen molar-refractivity contribution in [3.8, 4) is 0 Å². The molecule has 0 aliphatic rings. The van der Waals surface area contributed by atoms with Crippen LogP contribution in [0.25, 0.3) is 0 Å². The van der Waals surface area contributed by atoms with Gasteiger partial charge in [0.25, 0.3) is 0 Å². The van der Waals surface area contributed by atoms with Crippen LogP contribution in [0.5, 0.6) is 0 Å². The van der Waals surface area contributed by atoms with Crippen molar-refractivity contribution in [1.82, 2.24) is 14.7 Å². The molecular formula is C26H25N3O3S. The summed E-state index contributed by atoms with van der Waals surface area (Å²) in [6.45, 7) is 0. The Labute approximate surface area is 194 Å². The third kappa shape index (κ3) is 5.34. The number of rotatable bonds is 9. The fourth-order valence-electron chi connectivity index (χ4n) is 3.85. The van der Waals surface area contributed by atoms with Crippen LogP contribution in [0.1, 0.15) is 28.3 Å². The Hall–Kier alpha value is -3.39. The summed E-state index contributed by atoms with van der Waals surface area (Å²) in [6, 6.07) is 24.4. The highest BCUT2D eigenvalue weighted by Gasteiger charge is 2.43. The van der Waals surface area contributed by atoms with Crippen LogP contribution in [0.15, 0.2) is 110 Å². The molecule has 1 atom stereocenters. The first-order valence-electron chi connectivity index (χ1n) is 10.6. The van der Waals surface area contributed by atoms with Gasteiger partial charge in [-0.1, -0.05) is 72.8 Å². The molecule has 0 amide bonds. The highest BCUT2D eigenvalue weighted by Crippen LogP contribution is 2.41. The van der Waals surface area contributed by atoms with E-state index in [0.29, 0.717) is 23.1 Å². The molecule has 0 saturated heterocycles. The highest BCUT2D eigenvalue weighted by atomic mass is 32.2. The van der Waals surface area contributed by atoms with Crippen LogP contribution in [-0.2, 0) is 22.0 Å². The van der Waals surface area contributed by atoms with Crippen molar-refractivity contribution in [2.75, 3.05) is 5.75 Å². The third-order valence-corrected chi connectivity index (χ3v) is 6.89. The molecule has 2 aromatic heterocycles. The number of hydrogen-bond donors (Lipinski definition) is 2. The minimum Gasteiger partial charge on any atom is -0.378 e. The molecule has 6 nitrogen and oxygen atoms in total. The van der Waals surface area contributed by atoms with Gasteiger partial charge in [0.15, 0.2) is 0 Å². The Balaban J connectivity index is 1.77. The van der Waals surface area contributed by atoms with Crippen LogP contribution in [-0.4, -0.2) is 29.2 Å². The van der Waals surface area contributed by atoms with E-state index < -0.39 is 21.7 Å². The summed E-state index contributed by atoms with van der Waals surface area (Å²) < 4.78 is 29.3. The van der Waals surface area contributed by atoms with E-state index in [1.54, 1.807) is 61.2 Å². The van der Waals surface area contributed by atoms with E-state index in [1.165, 1.54) is 0 Å². The molecule has 2 N–H and O–H groups in total. The minimum absolute atomic E-state index is 0.115. The zero-order valence-corrected chi connectivity index (χ0v) is 18.8. The molecule has 0 aliphatic heterocycles. The molecule has 0 saturated carbocycles. The SMILES string of the molecule is O=S(=O)(CCc1ccccc1)NC(c1ccccc1)C(O)(c1cccnc1)c1cccnc1. The van der Waals surface area contributed by atoms with Gasteiger partial charge in [0.05, 0.1) is 11.8 Å². The summed E-state index contributed by atoms with van der Waals surface area (Å²) in [6.07, 6.45) is 6.65. The van der Waals surface area contributed by atoms with Gasteiger partial charge < -0.3 is 5.11 Å². The van der Waals surface area contributed by atoms with Gasteiger partial charge in [0, 0.05) is 35.9 Å². The molecule has 4 aromatic rings. The normalized spacial score (nSPS) is 12.9. The van der Waals surface area contributed by atoms with E-state index in [9.17, 15) is 13.5 Å². The molecule has 7 heteroatoms. The number of nitrogens with one attached hydrogen (secondary N) is 1. The number of sulfonamides is 1. The molecular weight excluding hydrogens is 434 g/mol. The molecule has 2 heterocycles. The summed E-state index contributed by atoms with van der Waals surface area (Å²) in [5, 5.41) is 12.2. The van der Waals surface area contributed by atoms with Gasteiger partial charge in [-0.25, -0.2) is 13.1 Å². The minimum atomic E-state index is -3.78. The van der Waals surface area contributed by atoms with Crippen LogP contribution in [0.3, 0.4) is 0 Å². The number of nitrogens with zero attached hydrogens (tertiary/aromatic N) is 2. The van der Waals surface area contributed by atoms with Gasteiger partial charge in [-0.15, -0.1) is 0 Å². The zero-order valence-electron chi connectivity index (χ0n) is 18.0. The van der Waals surface area contributed by atoms with E-state index in [0.717, 1.165) is 5.56 Å². The molecule has 0 aliphatic carbocycles. The van der Waals surface area contributed by atoms with Crippen LogP contribution >= 0.6 is 0 Å². The fraction of sp³-hybridized carbons (Fsp3) is 0.154. The average Bonchev–Trinajstić information content (AvgIpc) is 2.88. The summed E-state index contributed by atoms with van der Waals surface area (Å²) >= 11 is 0. The van der Waals surface area contributed by atoms with Gasteiger partial charge in [0.1, 0.15) is 5.60 Å². The predicted octanol–water partition coefficient (Wildman–Crippen LogP) is 3.62. The van der Waals surface area contributed by atoms with Crippen molar-refractivity contribution in [3.63, 3.8) is 0 Å². The Morgan fingerprint density at radius 2 is 1.33 bits per heavy atom. The van der Waals surface area contributed by atoms with E-state index >= 15 is 0 Å². The maximum atomic E-state index is 13.2. The Morgan fingerprint density at radius 3 is 1.85 bits per heavy atom. The fourth-order valence-corrected chi connectivity index (χ4v) is 5.14. The lowest BCUT2D eigenvalue weighted by Gasteiger charge is -2.37. The summed E-state index contributed by atoms with van der Waals surface area (Å²) in [4.78, 5) is 8.33. The van der Waals surface area contributed by atoms with Crippen molar-refractivity contribution in [2.24, 2.45) is 0 Å². The topological polar surface area (TPSA) is 92.2 Å². The van der Waals surface area contributed by atoms with Crippen LogP contribution in [0.4, 0.5) is 0 Å². The van der Waals surface area contributed by atoms with Crippen molar-refractivity contribution in [1.29, 1.82) is 0 Å². The monoisotopic (exact) mass is 459 g/mol. The molecule has 33 heavy (non-hydrogen) atoms. The number of pyridine rings is 2. The lowest BCUT2D eigenvalue weighted by atomic mass is 9.79. The average molecular weight is 460 g/mol. The van der Waals surface area contributed by atoms with Crippen molar-refractivity contribution >= 4 is 10.0 Å². The molecule has 1 unspecified atom stereocenters. The second kappa shape index (κ2) is 10.0. The second-order valence-electron chi connectivity index (χ2n) is 7.77. The molecule has 0 bridgehead atoms. The number of aliphatic hydroxyl groups is 1. The van der Waals surface area contributed by atoms with Crippen molar-refractivity contribution in [3.05, 3.63) is 132 Å². The quantitative estimate of drug-likeness (QED) is 0.399. The van der Waals surface area contributed by atoms with Crippen molar-refractivity contribution in [2.45, 2.75) is 18.1 Å². The second-order valence-corrected chi connectivity index (χ2v) is 9.64. The van der Waals surface area contributed by atoms with Crippen LogP contribution in [0, 0.1) is 0 Å². The molecule has 0 fully saturated rings. The van der Waals surface area contributed by atoms with Gasteiger partial charge in [0.2, 0.25) is 10.0 Å². The molecule has 0 radical (unpaired) electrons. The van der Waals surface area contributed by atoms with Crippen LogP contribution in [0.2, 0.25) is 0 Å². The number of benzene rings is 2. The maximum absolute atomic E-state index is 13.2. The third-order valence-electron chi connectivity index (χ3n) is 5.55. The lowest BCUT2D eigenvalue weighted by molar-refractivity contribution is 0.0442. The molecule has 2 aromatic carbocycles. The number of aromatic nitrogens is 2. The lowest BCUT2D eigenvalue weighted by Crippen LogP contribution is -2.46. The largest absolute Gasteiger partial charge is 0.378 e. The first kappa shape index (κ1) is 22.8. The standard InChI is InChI=1S/C26H25N3O3S/c30-26(23-13-7-16-27-19-23,24-14-8-17-28-20-24)25(22-11-5-2-6-12-22)29-33(31,32)18-15-21-9-3-1-4-10-21/h1-14,16-17,19-20,25,29-30H,15,18H2. The maximum Gasteiger partial charge on any atom is 0.212 e. The molecule has 168 valence electrons. The van der Waals surface area contributed by atoms with E-state index in [4.69, 9.17) is 0 Å². The van der Waals surface area contributed by atoms with Gasteiger partial charge in [-0.3, -0.25) is 9.97 Å². The van der Waals surface area contributed by atoms with Gasteiger partial charge in [-0.2, -0.15) is 0 Å². The Morgan fingerprint density at radius 1 is 0.788 bits per heavy atom. The van der Waals surface area contributed by atoms with E-state index in [-0.39, 0.29) is 5.75 Å². The molecule has 4 rings (SSSR count). The van der Waals surface area contributed by atoms with Gasteiger partial charge >= 0.3 is 0 Å². The van der Waals surface area contributed by atoms with E-state index in [2.05, 4.69) is 14.7 Å². The number of hydrogen-bond acceptors (Lipinski definition) is 5. The molecule has 0 spiro atoms. The van der Waals surface area contributed by atoms with Gasteiger partial charge in [-0.05, 0) is 29.7 Å².